The van der Waals surface area contributed by atoms with Crippen molar-refractivity contribution in [3.8, 4) is 0 Å². The number of hydrogen-bond donors (Lipinski definition) is 0. The van der Waals surface area contributed by atoms with Crippen LogP contribution in [0.15, 0.2) is 24.3 Å². The molecule has 1 aromatic rings. The molecule has 126 valence electrons. The standard InChI is InChI=1S/C18H24FNO3/c1-18(2,12-17(22)23-3)11-16(21)20-10-4-5-15(20)13-6-8-14(19)9-7-13/h6-9,15H,4-5,10-12H2,1-3H3/t15-/m0/s1. The first-order valence-corrected chi connectivity index (χ1v) is 7.94. The first kappa shape index (κ1) is 17.4. The number of esters is 1. The van der Waals surface area contributed by atoms with E-state index in [1.807, 2.05) is 18.7 Å². The van der Waals surface area contributed by atoms with E-state index in [0.717, 1.165) is 18.4 Å². The van der Waals surface area contributed by atoms with Gasteiger partial charge >= 0.3 is 5.97 Å². The Balaban J connectivity index is 2.05. The van der Waals surface area contributed by atoms with E-state index in [1.54, 1.807) is 12.1 Å². The molecule has 0 aliphatic carbocycles. The Morgan fingerprint density at radius 1 is 1.26 bits per heavy atom. The van der Waals surface area contributed by atoms with E-state index < -0.39 is 5.41 Å². The van der Waals surface area contributed by atoms with Crippen LogP contribution in [0.5, 0.6) is 0 Å². The number of rotatable bonds is 5. The summed E-state index contributed by atoms with van der Waals surface area (Å²) in [5.74, 6) is -0.547. The van der Waals surface area contributed by atoms with E-state index in [-0.39, 0.29) is 30.2 Å². The monoisotopic (exact) mass is 321 g/mol. The van der Waals surface area contributed by atoms with Crippen molar-refractivity contribution < 1.29 is 18.7 Å². The summed E-state index contributed by atoms with van der Waals surface area (Å²) in [4.78, 5) is 26.0. The lowest BCUT2D eigenvalue weighted by atomic mass is 9.85. The van der Waals surface area contributed by atoms with Crippen LogP contribution in [-0.2, 0) is 14.3 Å². The third-order valence-corrected chi connectivity index (χ3v) is 4.31. The molecule has 1 aliphatic heterocycles. The molecule has 1 fully saturated rings. The number of hydrogen-bond acceptors (Lipinski definition) is 3. The number of likely N-dealkylation sites (tertiary alicyclic amines) is 1. The second-order valence-corrected chi connectivity index (χ2v) is 6.89. The van der Waals surface area contributed by atoms with Gasteiger partial charge in [-0.15, -0.1) is 0 Å². The molecule has 0 aromatic heterocycles. The molecular weight excluding hydrogens is 297 g/mol. The molecule has 0 spiro atoms. The molecule has 0 N–H and O–H groups in total. The highest BCUT2D eigenvalue weighted by atomic mass is 19.1. The van der Waals surface area contributed by atoms with Gasteiger partial charge in [0.1, 0.15) is 5.82 Å². The zero-order valence-electron chi connectivity index (χ0n) is 14.0. The van der Waals surface area contributed by atoms with Crippen LogP contribution in [0.2, 0.25) is 0 Å². The zero-order valence-corrected chi connectivity index (χ0v) is 14.0. The third-order valence-electron chi connectivity index (χ3n) is 4.31. The smallest absolute Gasteiger partial charge is 0.306 e. The Hall–Kier alpha value is -1.91. The summed E-state index contributed by atoms with van der Waals surface area (Å²) in [6.45, 7) is 4.49. The van der Waals surface area contributed by atoms with Crippen LogP contribution in [0.4, 0.5) is 4.39 Å². The summed E-state index contributed by atoms with van der Waals surface area (Å²) in [6, 6.07) is 6.34. The van der Waals surface area contributed by atoms with Gasteiger partial charge in [-0.2, -0.15) is 0 Å². The quantitative estimate of drug-likeness (QED) is 0.780. The molecule has 1 aliphatic rings. The first-order chi connectivity index (χ1) is 10.8. The lowest BCUT2D eigenvalue weighted by Crippen LogP contribution is -2.34. The summed E-state index contributed by atoms with van der Waals surface area (Å²) in [5, 5.41) is 0. The molecule has 1 amide bonds. The van der Waals surface area contributed by atoms with Crippen molar-refractivity contribution in [1.82, 2.24) is 4.90 Å². The normalized spacial score (nSPS) is 18.1. The number of benzene rings is 1. The van der Waals surface area contributed by atoms with Gasteiger partial charge in [0, 0.05) is 13.0 Å². The SMILES string of the molecule is COC(=O)CC(C)(C)CC(=O)N1CCC[C@H]1c1ccc(F)cc1. The van der Waals surface area contributed by atoms with E-state index >= 15 is 0 Å². The maximum atomic E-state index is 13.1. The van der Waals surface area contributed by atoms with E-state index in [4.69, 9.17) is 4.74 Å². The molecule has 23 heavy (non-hydrogen) atoms. The molecular formula is C18H24FNO3. The lowest BCUT2D eigenvalue weighted by molar-refractivity contribution is -0.144. The molecule has 0 bridgehead atoms. The topological polar surface area (TPSA) is 46.6 Å². The van der Waals surface area contributed by atoms with E-state index in [9.17, 15) is 14.0 Å². The fourth-order valence-electron chi connectivity index (χ4n) is 3.13. The largest absolute Gasteiger partial charge is 0.469 e. The minimum atomic E-state index is -0.444. The van der Waals surface area contributed by atoms with Crippen molar-refractivity contribution in [1.29, 1.82) is 0 Å². The zero-order chi connectivity index (χ0) is 17.0. The number of nitrogens with zero attached hydrogens (tertiary/aromatic N) is 1. The van der Waals surface area contributed by atoms with Crippen molar-refractivity contribution in [3.63, 3.8) is 0 Å². The fraction of sp³-hybridized carbons (Fsp3) is 0.556. The molecule has 0 radical (unpaired) electrons. The van der Waals surface area contributed by atoms with Crippen LogP contribution in [0.25, 0.3) is 0 Å². The maximum Gasteiger partial charge on any atom is 0.306 e. The summed E-state index contributed by atoms with van der Waals surface area (Å²) < 4.78 is 17.8. The van der Waals surface area contributed by atoms with Gasteiger partial charge in [0.05, 0.1) is 19.6 Å². The number of ether oxygens (including phenoxy) is 1. The van der Waals surface area contributed by atoms with Gasteiger partial charge < -0.3 is 9.64 Å². The minimum Gasteiger partial charge on any atom is -0.469 e. The first-order valence-electron chi connectivity index (χ1n) is 7.94. The van der Waals surface area contributed by atoms with Crippen molar-refractivity contribution in [3.05, 3.63) is 35.6 Å². The van der Waals surface area contributed by atoms with Gasteiger partial charge in [-0.1, -0.05) is 26.0 Å². The number of methoxy groups -OCH3 is 1. The predicted molar refractivity (Wildman–Crippen MR) is 85.1 cm³/mol. The molecule has 1 saturated heterocycles. The molecule has 1 heterocycles. The van der Waals surface area contributed by atoms with Crippen molar-refractivity contribution in [2.75, 3.05) is 13.7 Å². The summed E-state index contributed by atoms with van der Waals surface area (Å²) in [6.07, 6.45) is 2.32. The number of halogens is 1. The van der Waals surface area contributed by atoms with Crippen LogP contribution >= 0.6 is 0 Å². The Labute approximate surface area is 136 Å². The minimum absolute atomic E-state index is 0.00275. The summed E-state index contributed by atoms with van der Waals surface area (Å²) >= 11 is 0. The summed E-state index contributed by atoms with van der Waals surface area (Å²) in [5.41, 5.74) is 0.517. The Bertz CT molecular complexity index is 568. The molecule has 2 rings (SSSR count). The Kier molecular flexibility index (Phi) is 5.39. The van der Waals surface area contributed by atoms with Crippen LogP contribution in [0.1, 0.15) is 51.1 Å². The van der Waals surface area contributed by atoms with E-state index in [0.29, 0.717) is 13.0 Å². The Morgan fingerprint density at radius 2 is 1.91 bits per heavy atom. The van der Waals surface area contributed by atoms with Gasteiger partial charge in [-0.25, -0.2) is 4.39 Å². The van der Waals surface area contributed by atoms with E-state index in [1.165, 1.54) is 19.2 Å². The second-order valence-electron chi connectivity index (χ2n) is 6.89. The number of amides is 1. The van der Waals surface area contributed by atoms with Crippen molar-refractivity contribution in [2.24, 2.45) is 5.41 Å². The average molecular weight is 321 g/mol. The van der Waals surface area contributed by atoms with Crippen molar-refractivity contribution in [2.45, 2.75) is 45.6 Å². The summed E-state index contributed by atoms with van der Waals surface area (Å²) in [7, 11) is 1.35. The highest BCUT2D eigenvalue weighted by molar-refractivity contribution is 5.79. The molecule has 4 nitrogen and oxygen atoms in total. The molecule has 0 unspecified atom stereocenters. The second kappa shape index (κ2) is 7.11. The maximum absolute atomic E-state index is 13.1. The molecule has 0 saturated carbocycles. The molecule has 1 atom stereocenters. The van der Waals surface area contributed by atoms with Gasteiger partial charge in [-0.3, -0.25) is 9.59 Å². The van der Waals surface area contributed by atoms with Crippen LogP contribution in [0, 0.1) is 11.2 Å². The van der Waals surface area contributed by atoms with Gasteiger partial charge in [0.25, 0.3) is 0 Å². The Morgan fingerprint density at radius 3 is 2.52 bits per heavy atom. The highest BCUT2D eigenvalue weighted by Crippen LogP contribution is 2.35. The predicted octanol–water partition coefficient (Wildman–Crippen LogP) is 3.47. The average Bonchev–Trinajstić information content (AvgIpc) is 2.96. The van der Waals surface area contributed by atoms with E-state index in [2.05, 4.69) is 0 Å². The number of carbonyl (C=O) groups excluding carboxylic acids is 2. The highest BCUT2D eigenvalue weighted by Gasteiger charge is 2.34. The molecule has 5 heteroatoms. The van der Waals surface area contributed by atoms with Gasteiger partial charge in [0.2, 0.25) is 5.91 Å². The van der Waals surface area contributed by atoms with Crippen LogP contribution in [0.3, 0.4) is 0 Å². The fourth-order valence-corrected chi connectivity index (χ4v) is 3.13. The lowest BCUT2D eigenvalue weighted by Gasteiger charge is -2.30. The number of carbonyl (C=O) groups is 2. The molecule has 1 aromatic carbocycles. The van der Waals surface area contributed by atoms with Crippen molar-refractivity contribution >= 4 is 11.9 Å². The van der Waals surface area contributed by atoms with Gasteiger partial charge in [-0.05, 0) is 36.0 Å². The van der Waals surface area contributed by atoms with Crippen LogP contribution < -0.4 is 0 Å². The van der Waals surface area contributed by atoms with Gasteiger partial charge in [0.15, 0.2) is 0 Å². The van der Waals surface area contributed by atoms with Crippen LogP contribution in [-0.4, -0.2) is 30.4 Å². The third kappa shape index (κ3) is 4.53.